The van der Waals surface area contributed by atoms with Gasteiger partial charge in [-0.2, -0.15) is 5.10 Å². The Balaban J connectivity index is 2.87. The highest BCUT2D eigenvalue weighted by Gasteiger charge is 2.21. The summed E-state index contributed by atoms with van der Waals surface area (Å²) in [7, 11) is -3.13. The van der Waals surface area contributed by atoms with Crippen LogP contribution >= 0.6 is 0 Å². The molecule has 0 aliphatic heterocycles. The van der Waals surface area contributed by atoms with Crippen LogP contribution in [0.25, 0.3) is 0 Å². The minimum Gasteiger partial charge on any atom is -0.330 e. The monoisotopic (exact) mass is 218 g/mol. The molecule has 80 valence electrons. The first-order valence-corrected chi connectivity index (χ1v) is 6.20. The fraction of sp³-hybridized carbons (Fsp3) is 0.714. The summed E-state index contributed by atoms with van der Waals surface area (Å²) in [6.07, 6.45) is 1.74. The molecule has 1 rings (SSSR count). The molecule has 0 saturated heterocycles. The number of nitrogens with zero attached hydrogens (tertiary/aromatic N) is 2. The molecule has 0 spiro atoms. The lowest BCUT2D eigenvalue weighted by Gasteiger charge is -2.02. The molecule has 1 aromatic rings. The zero-order valence-corrected chi connectivity index (χ0v) is 9.00. The van der Waals surface area contributed by atoms with Crippen LogP contribution in [0.4, 0.5) is 0 Å². The van der Waals surface area contributed by atoms with Gasteiger partial charge >= 0.3 is 0 Å². The zero-order valence-electron chi connectivity index (χ0n) is 8.19. The highest BCUT2D eigenvalue weighted by molar-refractivity contribution is 7.90. The van der Waals surface area contributed by atoms with Gasteiger partial charge in [0.1, 0.15) is 11.1 Å². The van der Waals surface area contributed by atoms with Gasteiger partial charge in [0.05, 0.1) is 0 Å². The third kappa shape index (κ3) is 2.52. The second kappa shape index (κ2) is 4.05. The molecule has 0 fully saturated rings. The van der Waals surface area contributed by atoms with Gasteiger partial charge in [0.2, 0.25) is 0 Å². The van der Waals surface area contributed by atoms with Crippen LogP contribution in [0.5, 0.6) is 0 Å². The van der Waals surface area contributed by atoms with Crippen molar-refractivity contribution in [1.29, 1.82) is 0 Å². The molecule has 0 radical (unpaired) electrons. The SMILES string of the molecule is CC(c1n[nH]c(CCN)n1)S(C)(=O)=O. The summed E-state index contributed by atoms with van der Waals surface area (Å²) in [6, 6.07) is 0. The largest absolute Gasteiger partial charge is 0.330 e. The number of sulfone groups is 1. The van der Waals surface area contributed by atoms with Crippen LogP contribution in [0.2, 0.25) is 0 Å². The van der Waals surface area contributed by atoms with Gasteiger partial charge in [-0.3, -0.25) is 5.10 Å². The summed E-state index contributed by atoms with van der Waals surface area (Å²) in [4.78, 5) is 4.04. The minimum absolute atomic E-state index is 0.302. The Morgan fingerprint density at radius 2 is 2.21 bits per heavy atom. The molecule has 14 heavy (non-hydrogen) atoms. The summed E-state index contributed by atoms with van der Waals surface area (Å²) in [6.45, 7) is 2.02. The molecule has 0 saturated carbocycles. The maximum absolute atomic E-state index is 11.2. The standard InChI is InChI=1S/C7H14N4O2S/c1-5(14(2,12)13)7-9-6(3-4-8)10-11-7/h5H,3-4,8H2,1-2H3,(H,9,10,11). The first-order valence-electron chi connectivity index (χ1n) is 4.25. The molecular weight excluding hydrogens is 204 g/mol. The predicted molar refractivity (Wildman–Crippen MR) is 52.4 cm³/mol. The van der Waals surface area contributed by atoms with Gasteiger partial charge < -0.3 is 5.73 Å². The van der Waals surface area contributed by atoms with Crippen molar-refractivity contribution in [2.45, 2.75) is 18.6 Å². The highest BCUT2D eigenvalue weighted by atomic mass is 32.2. The van der Waals surface area contributed by atoms with E-state index in [1.54, 1.807) is 6.92 Å². The summed E-state index contributed by atoms with van der Waals surface area (Å²) in [5.74, 6) is 0.925. The molecule has 1 aromatic heterocycles. The Kier molecular flexibility index (Phi) is 3.22. The van der Waals surface area contributed by atoms with Crippen LogP contribution < -0.4 is 5.73 Å². The molecule has 3 N–H and O–H groups in total. The van der Waals surface area contributed by atoms with Crippen LogP contribution in [-0.2, 0) is 16.3 Å². The number of aromatic nitrogens is 3. The minimum atomic E-state index is -3.13. The Hall–Kier alpha value is -0.950. The van der Waals surface area contributed by atoms with Gasteiger partial charge in [0, 0.05) is 12.7 Å². The molecular formula is C7H14N4O2S. The average Bonchev–Trinajstić information content (AvgIpc) is 2.50. The average molecular weight is 218 g/mol. The maximum Gasteiger partial charge on any atom is 0.168 e. The zero-order chi connectivity index (χ0) is 10.8. The van der Waals surface area contributed by atoms with Crippen LogP contribution in [0.1, 0.15) is 23.8 Å². The number of hydrogen-bond donors (Lipinski definition) is 2. The number of H-pyrrole nitrogens is 1. The van der Waals surface area contributed by atoms with Gasteiger partial charge in [-0.25, -0.2) is 13.4 Å². The quantitative estimate of drug-likeness (QED) is 0.703. The summed E-state index contributed by atoms with van der Waals surface area (Å²) < 4.78 is 22.4. The second-order valence-electron chi connectivity index (χ2n) is 3.15. The van der Waals surface area contributed by atoms with Crippen molar-refractivity contribution >= 4 is 9.84 Å². The van der Waals surface area contributed by atoms with E-state index in [4.69, 9.17) is 5.73 Å². The van der Waals surface area contributed by atoms with E-state index < -0.39 is 15.1 Å². The number of hydrogen-bond acceptors (Lipinski definition) is 5. The third-order valence-electron chi connectivity index (χ3n) is 1.94. The Morgan fingerprint density at radius 3 is 2.71 bits per heavy atom. The van der Waals surface area contributed by atoms with Gasteiger partial charge in [0.25, 0.3) is 0 Å². The molecule has 0 aliphatic rings. The van der Waals surface area contributed by atoms with Gasteiger partial charge in [-0.1, -0.05) is 0 Å². The van der Waals surface area contributed by atoms with E-state index in [-0.39, 0.29) is 0 Å². The van der Waals surface area contributed by atoms with E-state index >= 15 is 0 Å². The van der Waals surface area contributed by atoms with E-state index in [2.05, 4.69) is 15.2 Å². The van der Waals surface area contributed by atoms with Crippen LogP contribution in [0.3, 0.4) is 0 Å². The molecule has 0 amide bonds. The fourth-order valence-corrected chi connectivity index (χ4v) is 1.42. The molecule has 0 bridgehead atoms. The molecule has 6 nitrogen and oxygen atoms in total. The normalized spacial score (nSPS) is 14.2. The van der Waals surface area contributed by atoms with E-state index in [1.807, 2.05) is 0 Å². The van der Waals surface area contributed by atoms with E-state index in [0.29, 0.717) is 24.6 Å². The first-order chi connectivity index (χ1) is 6.45. The molecule has 0 aliphatic carbocycles. The van der Waals surface area contributed by atoms with Crippen molar-refractivity contribution < 1.29 is 8.42 Å². The maximum atomic E-state index is 11.2. The van der Waals surface area contributed by atoms with E-state index in [0.717, 1.165) is 6.26 Å². The predicted octanol–water partition coefficient (Wildman–Crippen LogP) is -0.588. The third-order valence-corrected chi connectivity index (χ3v) is 3.43. The smallest absolute Gasteiger partial charge is 0.168 e. The van der Waals surface area contributed by atoms with Gasteiger partial charge in [-0.15, -0.1) is 0 Å². The summed E-state index contributed by atoms with van der Waals surface area (Å²) in [5, 5.41) is 5.81. The second-order valence-corrected chi connectivity index (χ2v) is 5.52. The van der Waals surface area contributed by atoms with E-state index in [1.165, 1.54) is 0 Å². The van der Waals surface area contributed by atoms with Crippen LogP contribution in [0.15, 0.2) is 0 Å². The van der Waals surface area contributed by atoms with Crippen molar-refractivity contribution in [1.82, 2.24) is 15.2 Å². The Bertz CT molecular complexity index is 398. The first kappa shape index (κ1) is 11.1. The lowest BCUT2D eigenvalue weighted by atomic mass is 10.4. The van der Waals surface area contributed by atoms with Crippen molar-refractivity contribution in [2.24, 2.45) is 5.73 Å². The van der Waals surface area contributed by atoms with Crippen molar-refractivity contribution in [2.75, 3.05) is 12.8 Å². The molecule has 1 unspecified atom stereocenters. The van der Waals surface area contributed by atoms with E-state index in [9.17, 15) is 8.42 Å². The number of nitrogens with two attached hydrogens (primary N) is 1. The van der Waals surface area contributed by atoms with Crippen LogP contribution in [0, 0.1) is 0 Å². The lowest BCUT2D eigenvalue weighted by Crippen LogP contribution is -2.09. The molecule has 0 aromatic carbocycles. The molecule has 1 atom stereocenters. The lowest BCUT2D eigenvalue weighted by molar-refractivity contribution is 0.589. The summed E-state index contributed by atoms with van der Waals surface area (Å²) in [5.41, 5.74) is 5.33. The number of nitrogens with one attached hydrogen (secondary N) is 1. The summed E-state index contributed by atoms with van der Waals surface area (Å²) >= 11 is 0. The topological polar surface area (TPSA) is 102 Å². The molecule has 1 heterocycles. The Morgan fingerprint density at radius 1 is 1.57 bits per heavy atom. The van der Waals surface area contributed by atoms with Gasteiger partial charge in [-0.05, 0) is 13.5 Å². The fourth-order valence-electron chi connectivity index (χ4n) is 0.932. The van der Waals surface area contributed by atoms with Crippen molar-refractivity contribution in [3.8, 4) is 0 Å². The highest BCUT2D eigenvalue weighted by Crippen LogP contribution is 2.16. The number of rotatable bonds is 4. The molecule has 7 heteroatoms. The van der Waals surface area contributed by atoms with Crippen LogP contribution in [-0.4, -0.2) is 36.4 Å². The Labute approximate surface area is 82.8 Å². The van der Waals surface area contributed by atoms with Gasteiger partial charge in [0.15, 0.2) is 15.7 Å². The number of aromatic amines is 1. The van der Waals surface area contributed by atoms with Crippen molar-refractivity contribution in [3.05, 3.63) is 11.6 Å². The van der Waals surface area contributed by atoms with Crippen molar-refractivity contribution in [3.63, 3.8) is 0 Å².